The molecule has 2 amide bonds. The number of nitrogens with zero attached hydrogens (tertiary/aromatic N) is 2. The molecule has 1 aliphatic rings. The Bertz CT molecular complexity index is 711. The first kappa shape index (κ1) is 15.2. The normalized spacial score (nSPS) is 13.4. The summed E-state index contributed by atoms with van der Waals surface area (Å²) in [5, 5.41) is 2.87. The number of carbonyl (C=O) groups is 2. The highest BCUT2D eigenvalue weighted by atomic mass is 16.2. The molecule has 2 aromatic rings. The van der Waals surface area contributed by atoms with Crippen molar-refractivity contribution in [2.75, 3.05) is 12.4 Å². The van der Waals surface area contributed by atoms with Crippen molar-refractivity contribution < 1.29 is 9.59 Å². The zero-order valence-electron chi connectivity index (χ0n) is 13.0. The van der Waals surface area contributed by atoms with Gasteiger partial charge in [0.2, 0.25) is 5.91 Å². The maximum Gasteiger partial charge on any atom is 0.253 e. The second-order valence-corrected chi connectivity index (χ2v) is 5.86. The molecular weight excluding hydrogens is 290 g/mol. The summed E-state index contributed by atoms with van der Waals surface area (Å²) < 4.78 is 0. The van der Waals surface area contributed by atoms with Crippen LogP contribution in [0.25, 0.3) is 0 Å². The Morgan fingerprint density at radius 1 is 1.22 bits per heavy atom. The van der Waals surface area contributed by atoms with Crippen LogP contribution >= 0.6 is 0 Å². The van der Waals surface area contributed by atoms with Gasteiger partial charge < -0.3 is 10.2 Å². The van der Waals surface area contributed by atoms with Crippen molar-refractivity contribution in [1.82, 2.24) is 9.88 Å². The molecule has 1 saturated carbocycles. The fourth-order valence-corrected chi connectivity index (χ4v) is 2.37. The summed E-state index contributed by atoms with van der Waals surface area (Å²) in [6.07, 6.45) is 5.33. The Balaban J connectivity index is 1.67. The Morgan fingerprint density at radius 3 is 2.65 bits per heavy atom. The van der Waals surface area contributed by atoms with Crippen LogP contribution in [-0.2, 0) is 11.3 Å². The van der Waals surface area contributed by atoms with E-state index in [-0.39, 0.29) is 17.7 Å². The summed E-state index contributed by atoms with van der Waals surface area (Å²) in [6.45, 7) is 0.514. The van der Waals surface area contributed by atoms with Gasteiger partial charge in [0, 0.05) is 43.2 Å². The number of pyridine rings is 1. The first-order valence-corrected chi connectivity index (χ1v) is 7.69. The van der Waals surface area contributed by atoms with Gasteiger partial charge in [0.05, 0.1) is 0 Å². The molecular formula is C18H19N3O2. The van der Waals surface area contributed by atoms with E-state index in [1.807, 2.05) is 12.1 Å². The lowest BCUT2D eigenvalue weighted by molar-refractivity contribution is -0.117. The Kier molecular flexibility index (Phi) is 4.37. The van der Waals surface area contributed by atoms with Gasteiger partial charge in [-0.05, 0) is 48.7 Å². The van der Waals surface area contributed by atoms with Crippen molar-refractivity contribution in [1.29, 1.82) is 0 Å². The molecule has 1 fully saturated rings. The molecule has 0 saturated heterocycles. The van der Waals surface area contributed by atoms with Crippen LogP contribution in [0.2, 0.25) is 0 Å². The van der Waals surface area contributed by atoms with Gasteiger partial charge in [0.15, 0.2) is 0 Å². The van der Waals surface area contributed by atoms with Crippen molar-refractivity contribution >= 4 is 17.5 Å². The van der Waals surface area contributed by atoms with Gasteiger partial charge >= 0.3 is 0 Å². The van der Waals surface area contributed by atoms with Crippen LogP contribution < -0.4 is 5.32 Å². The van der Waals surface area contributed by atoms with Crippen molar-refractivity contribution in [2.24, 2.45) is 5.92 Å². The molecule has 0 aliphatic heterocycles. The topological polar surface area (TPSA) is 62.3 Å². The lowest BCUT2D eigenvalue weighted by Crippen LogP contribution is -2.26. The summed E-state index contributed by atoms with van der Waals surface area (Å²) >= 11 is 0. The largest absolute Gasteiger partial charge is 0.337 e. The summed E-state index contributed by atoms with van der Waals surface area (Å²) in [4.78, 5) is 30.0. The number of nitrogens with one attached hydrogen (secondary N) is 1. The number of carbonyl (C=O) groups excluding carboxylic acids is 2. The maximum atomic E-state index is 12.5. The van der Waals surface area contributed by atoms with E-state index in [2.05, 4.69) is 10.3 Å². The van der Waals surface area contributed by atoms with Crippen molar-refractivity contribution in [3.05, 3.63) is 59.9 Å². The summed E-state index contributed by atoms with van der Waals surface area (Å²) in [5.74, 6) is 0.104. The van der Waals surface area contributed by atoms with E-state index in [0.29, 0.717) is 17.8 Å². The standard InChI is InChI=1S/C18H19N3O2/c1-21(12-13-7-9-19-10-8-13)18(23)15-3-2-4-16(11-15)20-17(22)14-5-6-14/h2-4,7-11,14H,5-6,12H2,1H3,(H,20,22). The lowest BCUT2D eigenvalue weighted by Gasteiger charge is -2.17. The molecule has 5 nitrogen and oxygen atoms in total. The van der Waals surface area contributed by atoms with Crippen LogP contribution in [0.15, 0.2) is 48.8 Å². The second-order valence-electron chi connectivity index (χ2n) is 5.86. The Labute approximate surface area is 135 Å². The summed E-state index contributed by atoms with van der Waals surface area (Å²) in [5.41, 5.74) is 2.26. The SMILES string of the molecule is CN(Cc1ccncc1)C(=O)c1cccc(NC(=O)C2CC2)c1. The minimum atomic E-state index is -0.0793. The van der Waals surface area contributed by atoms with Gasteiger partial charge in [-0.25, -0.2) is 0 Å². The van der Waals surface area contributed by atoms with Crippen molar-refractivity contribution in [3.8, 4) is 0 Å². The smallest absolute Gasteiger partial charge is 0.253 e. The van der Waals surface area contributed by atoms with Crippen LogP contribution in [-0.4, -0.2) is 28.7 Å². The molecule has 0 bridgehead atoms. The number of hydrogen-bond donors (Lipinski definition) is 1. The predicted molar refractivity (Wildman–Crippen MR) is 87.8 cm³/mol. The van der Waals surface area contributed by atoms with Crippen LogP contribution in [0.1, 0.15) is 28.8 Å². The predicted octanol–water partition coefficient (Wildman–Crippen LogP) is 2.70. The number of hydrogen-bond acceptors (Lipinski definition) is 3. The minimum Gasteiger partial charge on any atom is -0.337 e. The molecule has 3 rings (SSSR count). The molecule has 23 heavy (non-hydrogen) atoms. The maximum absolute atomic E-state index is 12.5. The fourth-order valence-electron chi connectivity index (χ4n) is 2.37. The van der Waals surface area contributed by atoms with Gasteiger partial charge in [-0.1, -0.05) is 6.07 Å². The summed E-state index contributed by atoms with van der Waals surface area (Å²) in [6, 6.07) is 10.9. The van der Waals surface area contributed by atoms with E-state index in [1.165, 1.54) is 0 Å². The zero-order chi connectivity index (χ0) is 16.2. The molecule has 0 unspecified atom stereocenters. The van der Waals surface area contributed by atoms with Crippen molar-refractivity contribution in [2.45, 2.75) is 19.4 Å². The average molecular weight is 309 g/mol. The highest BCUT2D eigenvalue weighted by molar-refractivity contribution is 5.98. The first-order chi connectivity index (χ1) is 11.1. The molecule has 1 aliphatic carbocycles. The van der Waals surface area contributed by atoms with E-state index in [0.717, 1.165) is 18.4 Å². The van der Waals surface area contributed by atoms with Crippen LogP contribution in [0, 0.1) is 5.92 Å². The third-order valence-corrected chi connectivity index (χ3v) is 3.84. The molecule has 1 N–H and O–H groups in total. The van der Waals surface area contributed by atoms with Gasteiger partial charge in [-0.15, -0.1) is 0 Å². The molecule has 0 spiro atoms. The van der Waals surface area contributed by atoms with E-state index in [4.69, 9.17) is 0 Å². The fraction of sp³-hybridized carbons (Fsp3) is 0.278. The Hall–Kier alpha value is -2.69. The number of rotatable bonds is 5. The van der Waals surface area contributed by atoms with E-state index in [1.54, 1.807) is 48.6 Å². The molecule has 118 valence electrons. The number of amides is 2. The highest BCUT2D eigenvalue weighted by Gasteiger charge is 2.29. The molecule has 0 atom stereocenters. The van der Waals surface area contributed by atoms with Gasteiger partial charge in [0.1, 0.15) is 0 Å². The third kappa shape index (κ3) is 3.94. The first-order valence-electron chi connectivity index (χ1n) is 7.69. The lowest BCUT2D eigenvalue weighted by atomic mass is 10.1. The monoisotopic (exact) mass is 309 g/mol. The molecule has 1 aromatic carbocycles. The van der Waals surface area contributed by atoms with Crippen LogP contribution in [0.3, 0.4) is 0 Å². The molecule has 1 aromatic heterocycles. The molecule has 0 radical (unpaired) electrons. The Morgan fingerprint density at radius 2 is 1.96 bits per heavy atom. The van der Waals surface area contributed by atoms with Gasteiger partial charge in [0.25, 0.3) is 5.91 Å². The number of aromatic nitrogens is 1. The van der Waals surface area contributed by atoms with Crippen LogP contribution in [0.5, 0.6) is 0 Å². The highest BCUT2D eigenvalue weighted by Crippen LogP contribution is 2.30. The van der Waals surface area contributed by atoms with E-state index >= 15 is 0 Å². The third-order valence-electron chi connectivity index (χ3n) is 3.84. The average Bonchev–Trinajstić information content (AvgIpc) is 3.40. The van der Waals surface area contributed by atoms with E-state index in [9.17, 15) is 9.59 Å². The zero-order valence-corrected chi connectivity index (χ0v) is 13.0. The molecule has 1 heterocycles. The second kappa shape index (κ2) is 6.60. The van der Waals surface area contributed by atoms with Gasteiger partial charge in [-0.3, -0.25) is 14.6 Å². The summed E-state index contributed by atoms with van der Waals surface area (Å²) in [7, 11) is 1.76. The van der Waals surface area contributed by atoms with Crippen LogP contribution in [0.4, 0.5) is 5.69 Å². The molecule has 5 heteroatoms. The van der Waals surface area contributed by atoms with Crippen molar-refractivity contribution in [3.63, 3.8) is 0 Å². The minimum absolute atomic E-state index is 0.0414. The van der Waals surface area contributed by atoms with Gasteiger partial charge in [-0.2, -0.15) is 0 Å². The van der Waals surface area contributed by atoms with E-state index < -0.39 is 0 Å². The number of benzene rings is 1. The quantitative estimate of drug-likeness (QED) is 0.923. The number of anilines is 1.